The summed E-state index contributed by atoms with van der Waals surface area (Å²) in [6.45, 7) is 1.76. The fraction of sp³-hybridized carbons (Fsp3) is 0.0435. The molecule has 1 amide bonds. The molecule has 1 aromatic heterocycles. The maximum Gasteiger partial charge on any atom is 0.256 e. The van der Waals surface area contributed by atoms with Crippen LogP contribution in [0, 0.1) is 18.6 Å². The zero-order valence-corrected chi connectivity index (χ0v) is 15.4. The van der Waals surface area contributed by atoms with Crippen molar-refractivity contribution in [3.8, 4) is 22.8 Å². The van der Waals surface area contributed by atoms with Gasteiger partial charge >= 0.3 is 0 Å². The number of hydrogen-bond donors (Lipinski definition) is 1. The molecule has 0 bridgehead atoms. The fourth-order valence-electron chi connectivity index (χ4n) is 2.96. The topological polar surface area (TPSA) is 55.1 Å². The molecule has 4 aromatic rings. The van der Waals surface area contributed by atoms with E-state index >= 15 is 0 Å². The number of aromatic nitrogens is 1. The zero-order chi connectivity index (χ0) is 20.4. The van der Waals surface area contributed by atoms with E-state index in [-0.39, 0.29) is 28.5 Å². The second-order valence-electron chi connectivity index (χ2n) is 6.49. The van der Waals surface area contributed by atoms with E-state index in [0.29, 0.717) is 5.56 Å². The van der Waals surface area contributed by atoms with Crippen molar-refractivity contribution in [3.63, 3.8) is 0 Å². The van der Waals surface area contributed by atoms with Crippen molar-refractivity contribution in [1.82, 2.24) is 4.98 Å². The summed E-state index contributed by atoms with van der Waals surface area (Å²) in [4.78, 5) is 17.0. The van der Waals surface area contributed by atoms with E-state index < -0.39 is 17.5 Å². The summed E-state index contributed by atoms with van der Waals surface area (Å²) in [5, 5.41) is 2.57. The Morgan fingerprint density at radius 1 is 0.931 bits per heavy atom. The SMILES string of the molecule is Cc1ccc(NC(=O)c2ccccc2-c2ncc(-c3ccccc3F)o2)c(F)c1. The molecule has 0 unspecified atom stereocenters. The first-order chi connectivity index (χ1) is 14.0. The average Bonchev–Trinajstić information content (AvgIpc) is 3.20. The van der Waals surface area contributed by atoms with Gasteiger partial charge in [-0.3, -0.25) is 4.79 Å². The number of benzene rings is 3. The highest BCUT2D eigenvalue weighted by Gasteiger charge is 2.19. The van der Waals surface area contributed by atoms with Crippen LogP contribution < -0.4 is 5.32 Å². The second kappa shape index (κ2) is 7.67. The standard InChI is InChI=1S/C23H16F2N2O2/c1-14-10-11-20(19(25)12-14)27-22(28)15-6-2-3-7-16(15)23-26-13-21(29-23)17-8-4-5-9-18(17)24/h2-13H,1H3,(H,27,28). The summed E-state index contributed by atoms with van der Waals surface area (Å²) in [6.07, 6.45) is 1.40. The van der Waals surface area contributed by atoms with Crippen LogP contribution in [0.15, 0.2) is 77.3 Å². The normalized spacial score (nSPS) is 10.7. The van der Waals surface area contributed by atoms with Gasteiger partial charge in [-0.25, -0.2) is 13.8 Å². The highest BCUT2D eigenvalue weighted by molar-refractivity contribution is 6.08. The zero-order valence-electron chi connectivity index (χ0n) is 15.4. The average molecular weight is 390 g/mol. The van der Waals surface area contributed by atoms with Crippen molar-refractivity contribution in [3.05, 3.63) is 95.7 Å². The second-order valence-corrected chi connectivity index (χ2v) is 6.49. The smallest absolute Gasteiger partial charge is 0.256 e. The van der Waals surface area contributed by atoms with Gasteiger partial charge in [0.05, 0.1) is 23.0 Å². The lowest BCUT2D eigenvalue weighted by Crippen LogP contribution is -2.14. The lowest BCUT2D eigenvalue weighted by molar-refractivity contribution is 0.102. The van der Waals surface area contributed by atoms with Crippen molar-refractivity contribution in [2.75, 3.05) is 5.32 Å². The molecule has 1 N–H and O–H groups in total. The molecule has 0 saturated carbocycles. The molecule has 0 radical (unpaired) electrons. The maximum absolute atomic E-state index is 14.1. The Morgan fingerprint density at radius 3 is 2.41 bits per heavy atom. The lowest BCUT2D eigenvalue weighted by Gasteiger charge is -2.09. The molecule has 0 atom stereocenters. The van der Waals surface area contributed by atoms with Crippen LogP contribution in [0.2, 0.25) is 0 Å². The molecule has 0 spiro atoms. The predicted molar refractivity (Wildman–Crippen MR) is 106 cm³/mol. The third-order valence-corrected chi connectivity index (χ3v) is 4.42. The van der Waals surface area contributed by atoms with Gasteiger partial charge < -0.3 is 9.73 Å². The summed E-state index contributed by atoms with van der Waals surface area (Å²) in [6, 6.07) is 17.4. The molecule has 144 valence electrons. The van der Waals surface area contributed by atoms with Crippen LogP contribution in [0.3, 0.4) is 0 Å². The van der Waals surface area contributed by atoms with Gasteiger partial charge in [-0.1, -0.05) is 30.3 Å². The van der Waals surface area contributed by atoms with Gasteiger partial charge in [0, 0.05) is 5.56 Å². The summed E-state index contributed by atoms with van der Waals surface area (Å²) < 4.78 is 33.8. The molecule has 4 rings (SSSR count). The third-order valence-electron chi connectivity index (χ3n) is 4.42. The van der Waals surface area contributed by atoms with Gasteiger partial charge in [0.2, 0.25) is 5.89 Å². The summed E-state index contributed by atoms with van der Waals surface area (Å²) >= 11 is 0. The summed E-state index contributed by atoms with van der Waals surface area (Å²) in [5.74, 6) is -1.05. The Balaban J connectivity index is 1.67. The summed E-state index contributed by atoms with van der Waals surface area (Å²) in [5.41, 5.74) is 1.78. The number of carbonyl (C=O) groups is 1. The molecule has 29 heavy (non-hydrogen) atoms. The number of rotatable bonds is 4. The van der Waals surface area contributed by atoms with Crippen molar-refractivity contribution in [1.29, 1.82) is 0 Å². The predicted octanol–water partition coefficient (Wildman–Crippen LogP) is 5.85. The first-order valence-corrected chi connectivity index (χ1v) is 8.90. The van der Waals surface area contributed by atoms with E-state index in [4.69, 9.17) is 4.42 Å². The van der Waals surface area contributed by atoms with E-state index in [1.54, 1.807) is 55.5 Å². The molecule has 6 heteroatoms. The van der Waals surface area contributed by atoms with Crippen molar-refractivity contribution >= 4 is 11.6 Å². The van der Waals surface area contributed by atoms with Crippen LogP contribution in [0.4, 0.5) is 14.5 Å². The van der Waals surface area contributed by atoms with Crippen LogP contribution in [0.5, 0.6) is 0 Å². The van der Waals surface area contributed by atoms with Crippen LogP contribution in [0.1, 0.15) is 15.9 Å². The Labute approximate surface area is 165 Å². The number of nitrogens with zero attached hydrogens (tertiary/aromatic N) is 1. The first-order valence-electron chi connectivity index (χ1n) is 8.90. The minimum atomic E-state index is -0.520. The first kappa shape index (κ1) is 18.6. The highest BCUT2D eigenvalue weighted by Crippen LogP contribution is 2.30. The number of halogens is 2. The number of amides is 1. The van der Waals surface area contributed by atoms with Crippen molar-refractivity contribution < 1.29 is 18.0 Å². The van der Waals surface area contributed by atoms with E-state index in [9.17, 15) is 13.6 Å². The van der Waals surface area contributed by atoms with Crippen molar-refractivity contribution in [2.24, 2.45) is 0 Å². The Bertz CT molecular complexity index is 1200. The van der Waals surface area contributed by atoms with E-state index in [2.05, 4.69) is 10.3 Å². The molecule has 0 aliphatic heterocycles. The van der Waals surface area contributed by atoms with E-state index in [1.807, 2.05) is 0 Å². The molecule has 0 saturated heterocycles. The van der Waals surface area contributed by atoms with Crippen LogP contribution >= 0.6 is 0 Å². The number of oxazole rings is 1. The van der Waals surface area contributed by atoms with Gasteiger partial charge in [-0.05, 0) is 48.9 Å². The monoisotopic (exact) mass is 390 g/mol. The van der Waals surface area contributed by atoms with Gasteiger partial charge in [0.25, 0.3) is 5.91 Å². The lowest BCUT2D eigenvalue weighted by atomic mass is 10.1. The van der Waals surface area contributed by atoms with Crippen molar-refractivity contribution in [2.45, 2.75) is 6.92 Å². The molecule has 3 aromatic carbocycles. The number of carbonyl (C=O) groups excluding carboxylic acids is 1. The van der Waals surface area contributed by atoms with E-state index in [0.717, 1.165) is 5.56 Å². The van der Waals surface area contributed by atoms with Crippen LogP contribution in [-0.2, 0) is 0 Å². The molecule has 1 heterocycles. The Kier molecular flexibility index (Phi) is 4.91. The highest BCUT2D eigenvalue weighted by atomic mass is 19.1. The van der Waals surface area contributed by atoms with Gasteiger partial charge in [-0.15, -0.1) is 0 Å². The number of aryl methyl sites for hydroxylation is 1. The third kappa shape index (κ3) is 3.78. The van der Waals surface area contributed by atoms with Gasteiger partial charge in [0.15, 0.2) is 5.76 Å². The molecule has 0 aliphatic rings. The number of anilines is 1. The molecular formula is C23H16F2N2O2. The Hall–Kier alpha value is -3.80. The van der Waals surface area contributed by atoms with E-state index in [1.165, 1.54) is 24.4 Å². The van der Waals surface area contributed by atoms with Crippen LogP contribution in [-0.4, -0.2) is 10.9 Å². The quantitative estimate of drug-likeness (QED) is 0.476. The minimum Gasteiger partial charge on any atom is -0.436 e. The largest absolute Gasteiger partial charge is 0.436 e. The number of nitrogens with one attached hydrogen (secondary N) is 1. The number of hydrogen-bond acceptors (Lipinski definition) is 3. The minimum absolute atomic E-state index is 0.0786. The Morgan fingerprint density at radius 2 is 1.66 bits per heavy atom. The van der Waals surface area contributed by atoms with Crippen LogP contribution in [0.25, 0.3) is 22.8 Å². The molecule has 4 nitrogen and oxygen atoms in total. The van der Waals surface area contributed by atoms with Gasteiger partial charge in [-0.2, -0.15) is 0 Å². The molecule has 0 aliphatic carbocycles. The fourth-order valence-corrected chi connectivity index (χ4v) is 2.96. The van der Waals surface area contributed by atoms with Gasteiger partial charge in [0.1, 0.15) is 11.6 Å². The maximum atomic E-state index is 14.1. The molecule has 0 fully saturated rings. The molecular weight excluding hydrogens is 374 g/mol. The summed E-state index contributed by atoms with van der Waals surface area (Å²) in [7, 11) is 0.